The van der Waals surface area contributed by atoms with Crippen LogP contribution in [-0.4, -0.2) is 17.8 Å². The van der Waals surface area contributed by atoms with E-state index in [9.17, 15) is 13.2 Å². The largest absolute Gasteiger partial charge is 0.468 e. The SMILES string of the molecule is Cc1ccc(C(C)Nc2ccc(OCC(F)(F)F)nc2)o1. The zero-order chi connectivity index (χ0) is 15.5. The molecule has 0 aliphatic heterocycles. The van der Waals surface area contributed by atoms with E-state index in [1.807, 2.05) is 26.0 Å². The van der Waals surface area contributed by atoms with Crippen molar-refractivity contribution in [1.29, 1.82) is 0 Å². The molecular formula is C14H15F3N2O2. The first-order valence-electron chi connectivity index (χ1n) is 6.32. The predicted molar refractivity (Wildman–Crippen MR) is 71.3 cm³/mol. The molecule has 0 bridgehead atoms. The first-order valence-corrected chi connectivity index (χ1v) is 6.32. The van der Waals surface area contributed by atoms with Crippen LogP contribution >= 0.6 is 0 Å². The maximum atomic E-state index is 12.0. The van der Waals surface area contributed by atoms with Gasteiger partial charge in [0.15, 0.2) is 6.61 Å². The number of hydrogen-bond donors (Lipinski definition) is 1. The minimum Gasteiger partial charge on any atom is -0.468 e. The second-order valence-electron chi connectivity index (χ2n) is 4.60. The summed E-state index contributed by atoms with van der Waals surface area (Å²) in [7, 11) is 0. The average molecular weight is 300 g/mol. The van der Waals surface area contributed by atoms with E-state index in [0.717, 1.165) is 11.5 Å². The number of aromatic nitrogens is 1. The van der Waals surface area contributed by atoms with E-state index in [-0.39, 0.29) is 11.9 Å². The minimum atomic E-state index is -4.37. The fraction of sp³-hybridized carbons (Fsp3) is 0.357. The summed E-state index contributed by atoms with van der Waals surface area (Å²) in [5, 5.41) is 3.14. The standard InChI is InChI=1S/C14H15F3N2O2/c1-9-3-5-12(21-9)10(2)19-11-4-6-13(18-7-11)20-8-14(15,16)17/h3-7,10,19H,8H2,1-2H3. The van der Waals surface area contributed by atoms with Gasteiger partial charge in [0.25, 0.3) is 0 Å². The van der Waals surface area contributed by atoms with E-state index in [2.05, 4.69) is 15.0 Å². The zero-order valence-electron chi connectivity index (χ0n) is 11.6. The Morgan fingerprint density at radius 2 is 2.05 bits per heavy atom. The van der Waals surface area contributed by atoms with Crippen LogP contribution in [0.1, 0.15) is 24.5 Å². The van der Waals surface area contributed by atoms with Gasteiger partial charge in [-0.3, -0.25) is 0 Å². The number of halogens is 3. The van der Waals surface area contributed by atoms with Crippen LogP contribution in [0.2, 0.25) is 0 Å². The van der Waals surface area contributed by atoms with Gasteiger partial charge < -0.3 is 14.5 Å². The highest BCUT2D eigenvalue weighted by Gasteiger charge is 2.28. The zero-order valence-corrected chi connectivity index (χ0v) is 11.6. The molecule has 0 saturated heterocycles. The second-order valence-corrected chi connectivity index (χ2v) is 4.60. The summed E-state index contributed by atoms with van der Waals surface area (Å²) in [6, 6.07) is 6.63. The topological polar surface area (TPSA) is 47.3 Å². The second kappa shape index (κ2) is 6.07. The Morgan fingerprint density at radius 3 is 2.57 bits per heavy atom. The Kier molecular flexibility index (Phi) is 4.40. The van der Waals surface area contributed by atoms with Crippen molar-refractivity contribution in [1.82, 2.24) is 4.98 Å². The third-order valence-electron chi connectivity index (χ3n) is 2.69. The molecule has 114 valence electrons. The van der Waals surface area contributed by atoms with Crippen LogP contribution in [0.15, 0.2) is 34.9 Å². The van der Waals surface area contributed by atoms with Crippen molar-refractivity contribution in [2.75, 3.05) is 11.9 Å². The molecule has 1 atom stereocenters. The van der Waals surface area contributed by atoms with E-state index in [1.54, 1.807) is 6.07 Å². The molecule has 4 nitrogen and oxygen atoms in total. The van der Waals surface area contributed by atoms with Crippen LogP contribution in [0.3, 0.4) is 0 Å². The number of nitrogens with zero attached hydrogens (tertiary/aromatic N) is 1. The van der Waals surface area contributed by atoms with E-state index in [4.69, 9.17) is 4.42 Å². The molecule has 0 aliphatic rings. The molecule has 0 radical (unpaired) electrons. The number of hydrogen-bond acceptors (Lipinski definition) is 4. The van der Waals surface area contributed by atoms with Crippen molar-refractivity contribution in [3.8, 4) is 5.88 Å². The summed E-state index contributed by atoms with van der Waals surface area (Å²) in [6.07, 6.45) is -2.96. The molecule has 2 aromatic rings. The Balaban J connectivity index is 1.93. The molecule has 0 aliphatic carbocycles. The van der Waals surface area contributed by atoms with Gasteiger partial charge in [0.1, 0.15) is 11.5 Å². The molecule has 2 heterocycles. The van der Waals surface area contributed by atoms with E-state index in [0.29, 0.717) is 5.69 Å². The van der Waals surface area contributed by atoms with Gasteiger partial charge in [-0.05, 0) is 32.0 Å². The van der Waals surface area contributed by atoms with Gasteiger partial charge in [0.2, 0.25) is 5.88 Å². The number of nitrogens with one attached hydrogen (secondary N) is 1. The average Bonchev–Trinajstić information content (AvgIpc) is 2.84. The quantitative estimate of drug-likeness (QED) is 0.903. The molecule has 1 N–H and O–H groups in total. The van der Waals surface area contributed by atoms with Crippen molar-refractivity contribution in [2.45, 2.75) is 26.1 Å². The number of ether oxygens (including phenoxy) is 1. The minimum absolute atomic E-state index is 0.0700. The molecule has 2 rings (SSSR count). The maximum Gasteiger partial charge on any atom is 0.422 e. The lowest BCUT2D eigenvalue weighted by atomic mass is 10.2. The van der Waals surface area contributed by atoms with E-state index in [1.165, 1.54) is 12.3 Å². The number of anilines is 1. The summed E-state index contributed by atoms with van der Waals surface area (Å²) in [5.74, 6) is 1.51. The normalized spacial score (nSPS) is 13.0. The Bertz CT molecular complexity index is 579. The van der Waals surface area contributed by atoms with Crippen molar-refractivity contribution in [2.24, 2.45) is 0 Å². The molecular weight excluding hydrogens is 285 g/mol. The highest BCUT2D eigenvalue weighted by Crippen LogP contribution is 2.22. The molecule has 2 aromatic heterocycles. The molecule has 0 saturated carbocycles. The number of aryl methyl sites for hydroxylation is 1. The lowest BCUT2D eigenvalue weighted by Crippen LogP contribution is -2.19. The van der Waals surface area contributed by atoms with Crippen molar-refractivity contribution < 1.29 is 22.3 Å². The molecule has 0 aromatic carbocycles. The van der Waals surface area contributed by atoms with Gasteiger partial charge in [-0.15, -0.1) is 0 Å². The number of furan rings is 1. The monoisotopic (exact) mass is 300 g/mol. The Hall–Kier alpha value is -2.18. The van der Waals surface area contributed by atoms with E-state index < -0.39 is 12.8 Å². The summed E-state index contributed by atoms with van der Waals surface area (Å²) in [4.78, 5) is 3.82. The summed E-state index contributed by atoms with van der Waals surface area (Å²) in [5.41, 5.74) is 0.663. The van der Waals surface area contributed by atoms with Crippen LogP contribution < -0.4 is 10.1 Å². The Labute approximate surface area is 119 Å². The Morgan fingerprint density at radius 1 is 1.29 bits per heavy atom. The number of rotatable bonds is 5. The molecule has 0 fully saturated rings. The lowest BCUT2D eigenvalue weighted by Gasteiger charge is -2.13. The lowest BCUT2D eigenvalue weighted by molar-refractivity contribution is -0.154. The van der Waals surface area contributed by atoms with Crippen LogP contribution in [0.5, 0.6) is 5.88 Å². The van der Waals surface area contributed by atoms with Gasteiger partial charge in [-0.1, -0.05) is 0 Å². The van der Waals surface area contributed by atoms with Crippen LogP contribution in [-0.2, 0) is 0 Å². The highest BCUT2D eigenvalue weighted by molar-refractivity contribution is 5.43. The first kappa shape index (κ1) is 15.2. The van der Waals surface area contributed by atoms with Crippen LogP contribution in [0.4, 0.5) is 18.9 Å². The summed E-state index contributed by atoms with van der Waals surface area (Å²) in [6.45, 7) is 2.41. The smallest absolute Gasteiger partial charge is 0.422 e. The van der Waals surface area contributed by atoms with Gasteiger partial charge in [-0.2, -0.15) is 13.2 Å². The van der Waals surface area contributed by atoms with Crippen LogP contribution in [0, 0.1) is 6.92 Å². The first-order chi connectivity index (χ1) is 9.83. The molecule has 21 heavy (non-hydrogen) atoms. The van der Waals surface area contributed by atoms with Gasteiger partial charge in [-0.25, -0.2) is 4.98 Å². The third-order valence-corrected chi connectivity index (χ3v) is 2.69. The third kappa shape index (κ3) is 4.70. The van der Waals surface area contributed by atoms with Crippen molar-refractivity contribution in [3.63, 3.8) is 0 Å². The van der Waals surface area contributed by atoms with Gasteiger partial charge in [0, 0.05) is 6.07 Å². The highest BCUT2D eigenvalue weighted by atomic mass is 19.4. The molecule has 7 heteroatoms. The molecule has 0 amide bonds. The van der Waals surface area contributed by atoms with Crippen LogP contribution in [0.25, 0.3) is 0 Å². The maximum absolute atomic E-state index is 12.0. The number of alkyl halides is 3. The fourth-order valence-electron chi connectivity index (χ4n) is 1.71. The van der Waals surface area contributed by atoms with Crippen molar-refractivity contribution in [3.05, 3.63) is 42.0 Å². The van der Waals surface area contributed by atoms with E-state index >= 15 is 0 Å². The summed E-state index contributed by atoms with van der Waals surface area (Å²) < 4.78 is 46.0. The predicted octanol–water partition coefficient (Wildman–Crippen LogP) is 4.10. The fourth-order valence-corrected chi connectivity index (χ4v) is 1.71. The molecule has 0 spiro atoms. The number of pyridine rings is 1. The van der Waals surface area contributed by atoms with Crippen molar-refractivity contribution >= 4 is 5.69 Å². The summed E-state index contributed by atoms with van der Waals surface area (Å²) >= 11 is 0. The van der Waals surface area contributed by atoms with Gasteiger partial charge in [0.05, 0.1) is 17.9 Å². The molecule has 1 unspecified atom stereocenters. The van der Waals surface area contributed by atoms with Gasteiger partial charge >= 0.3 is 6.18 Å².